The second-order valence-electron chi connectivity index (χ2n) is 8.61. The number of halogens is 1. The molecule has 0 aliphatic carbocycles. The third-order valence-corrected chi connectivity index (χ3v) is 7.97. The van der Waals surface area contributed by atoms with E-state index < -0.39 is 0 Å². The van der Waals surface area contributed by atoms with Crippen molar-refractivity contribution in [2.24, 2.45) is 4.99 Å². The molecule has 1 saturated heterocycles. The lowest BCUT2D eigenvalue weighted by molar-refractivity contribution is -0.121. The van der Waals surface area contributed by atoms with Crippen LogP contribution in [0.25, 0.3) is 17.3 Å². The van der Waals surface area contributed by atoms with Crippen molar-refractivity contribution in [1.29, 1.82) is 0 Å². The summed E-state index contributed by atoms with van der Waals surface area (Å²) < 4.78 is 11.9. The normalized spacial score (nSPS) is 15.2. The Morgan fingerprint density at radius 3 is 2.62 bits per heavy atom. The van der Waals surface area contributed by atoms with Crippen LogP contribution in [-0.4, -0.2) is 34.1 Å². The summed E-state index contributed by atoms with van der Waals surface area (Å²) in [5.74, 6) is 1.05. The first-order valence-corrected chi connectivity index (χ1v) is 14.7. The number of benzene rings is 3. The van der Waals surface area contributed by atoms with Crippen LogP contribution in [-0.2, 0) is 11.4 Å². The first-order chi connectivity index (χ1) is 19.6. The van der Waals surface area contributed by atoms with E-state index in [2.05, 4.69) is 11.6 Å². The van der Waals surface area contributed by atoms with Crippen LogP contribution in [0.5, 0.6) is 11.5 Å². The highest BCUT2D eigenvalue weighted by Crippen LogP contribution is 2.37. The number of hydrogen-bond donors (Lipinski definition) is 0. The van der Waals surface area contributed by atoms with Gasteiger partial charge in [0.2, 0.25) is 5.13 Å². The molecule has 4 aromatic rings. The van der Waals surface area contributed by atoms with E-state index >= 15 is 0 Å². The summed E-state index contributed by atoms with van der Waals surface area (Å²) in [6.45, 7) is 6.85. The Kier molecular flexibility index (Phi) is 9.01. The van der Waals surface area contributed by atoms with Gasteiger partial charge in [0, 0.05) is 28.1 Å². The SMILES string of the molecule is C=CCN1C(=O)/C(=C/c2ccc(OCc3ccccc3Cl)c(OCC)c2)S/C1=N/c1nc(-c2ccccc2)cs1. The molecule has 0 atom stereocenters. The quantitative estimate of drug-likeness (QED) is 0.138. The van der Waals surface area contributed by atoms with Gasteiger partial charge < -0.3 is 9.47 Å². The summed E-state index contributed by atoms with van der Waals surface area (Å²) in [5.41, 5.74) is 3.57. The van der Waals surface area contributed by atoms with Gasteiger partial charge in [0.25, 0.3) is 5.91 Å². The van der Waals surface area contributed by atoms with E-state index in [0.717, 1.165) is 22.4 Å². The van der Waals surface area contributed by atoms with Crippen molar-refractivity contribution in [1.82, 2.24) is 9.88 Å². The highest BCUT2D eigenvalue weighted by molar-refractivity contribution is 8.18. The van der Waals surface area contributed by atoms with Crippen LogP contribution in [0.1, 0.15) is 18.1 Å². The van der Waals surface area contributed by atoms with Gasteiger partial charge in [-0.25, -0.2) is 4.98 Å². The molecular formula is C31H26ClN3O3S2. The lowest BCUT2D eigenvalue weighted by Crippen LogP contribution is -2.29. The van der Waals surface area contributed by atoms with E-state index in [1.165, 1.54) is 23.1 Å². The number of rotatable bonds is 10. The molecule has 1 fully saturated rings. The van der Waals surface area contributed by atoms with Gasteiger partial charge in [0.15, 0.2) is 16.7 Å². The number of thiazole rings is 1. The fraction of sp³-hybridized carbons (Fsp3) is 0.129. The van der Waals surface area contributed by atoms with Crippen LogP contribution in [0.3, 0.4) is 0 Å². The molecule has 0 bridgehead atoms. The highest BCUT2D eigenvalue weighted by Gasteiger charge is 2.33. The van der Waals surface area contributed by atoms with Crippen molar-refractivity contribution in [3.8, 4) is 22.8 Å². The van der Waals surface area contributed by atoms with Gasteiger partial charge in [-0.05, 0) is 48.5 Å². The Balaban J connectivity index is 1.38. The second kappa shape index (κ2) is 13.0. The predicted molar refractivity (Wildman–Crippen MR) is 166 cm³/mol. The Bertz CT molecular complexity index is 1580. The lowest BCUT2D eigenvalue weighted by Gasteiger charge is -2.13. The molecule has 6 nitrogen and oxygen atoms in total. The van der Waals surface area contributed by atoms with Gasteiger partial charge in [0.05, 0.1) is 17.2 Å². The van der Waals surface area contributed by atoms with Crippen molar-refractivity contribution >= 4 is 57.0 Å². The molecule has 1 aromatic heterocycles. The number of amidine groups is 1. The van der Waals surface area contributed by atoms with Gasteiger partial charge in [0.1, 0.15) is 6.61 Å². The monoisotopic (exact) mass is 587 g/mol. The van der Waals surface area contributed by atoms with Crippen LogP contribution in [0.15, 0.2) is 101 Å². The largest absolute Gasteiger partial charge is 0.490 e. The number of carbonyl (C=O) groups excluding carboxylic acids is 1. The molecule has 0 radical (unpaired) electrons. The lowest BCUT2D eigenvalue weighted by atomic mass is 10.1. The number of aliphatic imine (C=N–C) groups is 1. The van der Waals surface area contributed by atoms with Gasteiger partial charge in [-0.2, -0.15) is 4.99 Å². The summed E-state index contributed by atoms with van der Waals surface area (Å²) in [6.07, 6.45) is 3.52. The Labute approximate surface area is 246 Å². The van der Waals surface area contributed by atoms with Crippen molar-refractivity contribution in [3.63, 3.8) is 0 Å². The minimum Gasteiger partial charge on any atom is -0.490 e. The topological polar surface area (TPSA) is 64.0 Å². The summed E-state index contributed by atoms with van der Waals surface area (Å²) in [5, 5.41) is 3.77. The van der Waals surface area contributed by atoms with E-state index in [4.69, 9.17) is 26.1 Å². The van der Waals surface area contributed by atoms with E-state index in [9.17, 15) is 4.79 Å². The third-order valence-electron chi connectivity index (χ3n) is 5.86. The van der Waals surface area contributed by atoms with Crippen molar-refractivity contribution < 1.29 is 14.3 Å². The van der Waals surface area contributed by atoms with Crippen molar-refractivity contribution in [2.45, 2.75) is 13.5 Å². The maximum absolute atomic E-state index is 13.3. The van der Waals surface area contributed by atoms with E-state index in [0.29, 0.717) is 51.5 Å². The summed E-state index contributed by atoms with van der Waals surface area (Å²) in [4.78, 5) is 24.8. The summed E-state index contributed by atoms with van der Waals surface area (Å²) in [7, 11) is 0. The number of nitrogens with zero attached hydrogens (tertiary/aromatic N) is 3. The van der Waals surface area contributed by atoms with Crippen LogP contribution >= 0.6 is 34.7 Å². The summed E-state index contributed by atoms with van der Waals surface area (Å²) in [6, 6.07) is 23.1. The van der Waals surface area contributed by atoms with Crippen LogP contribution in [0, 0.1) is 0 Å². The average Bonchev–Trinajstić information content (AvgIpc) is 3.55. The van der Waals surface area contributed by atoms with Gasteiger partial charge in [-0.3, -0.25) is 9.69 Å². The molecule has 9 heteroatoms. The molecule has 0 unspecified atom stereocenters. The maximum Gasteiger partial charge on any atom is 0.267 e. The molecule has 1 aliphatic rings. The first kappa shape index (κ1) is 27.7. The number of hydrogen-bond acceptors (Lipinski definition) is 7. The van der Waals surface area contributed by atoms with E-state index in [1.54, 1.807) is 11.0 Å². The molecule has 1 aliphatic heterocycles. The van der Waals surface area contributed by atoms with Gasteiger partial charge >= 0.3 is 0 Å². The van der Waals surface area contributed by atoms with E-state index in [1.807, 2.05) is 91.2 Å². The predicted octanol–water partition coefficient (Wildman–Crippen LogP) is 8.23. The van der Waals surface area contributed by atoms with Gasteiger partial charge in [-0.1, -0.05) is 72.3 Å². The van der Waals surface area contributed by atoms with Crippen molar-refractivity contribution in [3.05, 3.63) is 112 Å². The molecule has 2 heterocycles. The van der Waals surface area contributed by atoms with Crippen LogP contribution in [0.2, 0.25) is 5.02 Å². The molecule has 0 saturated carbocycles. The fourth-order valence-corrected chi connectivity index (χ4v) is 5.88. The molecule has 3 aromatic carbocycles. The van der Waals surface area contributed by atoms with E-state index in [-0.39, 0.29) is 5.91 Å². The zero-order valence-corrected chi connectivity index (χ0v) is 24.1. The number of ether oxygens (including phenoxy) is 2. The average molecular weight is 588 g/mol. The van der Waals surface area contributed by atoms with Crippen LogP contribution < -0.4 is 9.47 Å². The first-order valence-electron chi connectivity index (χ1n) is 12.6. The summed E-state index contributed by atoms with van der Waals surface area (Å²) >= 11 is 9.03. The number of amides is 1. The Hall–Kier alpha value is -3.85. The molecule has 40 heavy (non-hydrogen) atoms. The Morgan fingerprint density at radius 1 is 1.05 bits per heavy atom. The van der Waals surface area contributed by atoms with Crippen LogP contribution in [0.4, 0.5) is 5.13 Å². The molecule has 1 amide bonds. The molecule has 202 valence electrons. The zero-order valence-electron chi connectivity index (χ0n) is 21.7. The Morgan fingerprint density at radius 2 is 1.85 bits per heavy atom. The fourth-order valence-electron chi connectivity index (χ4n) is 3.94. The highest BCUT2D eigenvalue weighted by atomic mass is 35.5. The standard InChI is InChI=1S/C31H26ClN3O3S2/c1-3-16-35-29(36)28(40-31(35)34-30-33-25(20-39-30)22-10-6-5-7-11-22)18-21-14-15-26(27(17-21)37-4-2)38-19-23-12-8-9-13-24(23)32/h3,5-15,17-18,20H,1,4,16,19H2,2H3/b28-18-,34-31+. The smallest absolute Gasteiger partial charge is 0.267 e. The maximum atomic E-state index is 13.3. The van der Waals surface area contributed by atoms with Crippen molar-refractivity contribution in [2.75, 3.05) is 13.2 Å². The molecule has 0 spiro atoms. The number of aromatic nitrogens is 1. The molecular weight excluding hydrogens is 562 g/mol. The minimum atomic E-state index is -0.138. The minimum absolute atomic E-state index is 0.138. The van der Waals surface area contributed by atoms with Gasteiger partial charge in [-0.15, -0.1) is 17.9 Å². The third kappa shape index (κ3) is 6.47. The number of carbonyl (C=O) groups is 1. The molecule has 5 rings (SSSR count). The number of thioether (sulfide) groups is 1. The zero-order chi connectivity index (χ0) is 27.9. The molecule has 0 N–H and O–H groups in total. The second-order valence-corrected chi connectivity index (χ2v) is 10.9.